The molecule has 0 amide bonds. The van der Waals surface area contributed by atoms with Gasteiger partial charge < -0.3 is 14.2 Å². The van der Waals surface area contributed by atoms with Crippen LogP contribution in [0.4, 0.5) is 10.3 Å². The van der Waals surface area contributed by atoms with Gasteiger partial charge in [0.2, 0.25) is 16.0 Å². The van der Waals surface area contributed by atoms with E-state index in [0.29, 0.717) is 28.6 Å². The molecule has 0 saturated carbocycles. The second-order valence-electron chi connectivity index (χ2n) is 8.21. The minimum absolute atomic E-state index is 0.00571. The summed E-state index contributed by atoms with van der Waals surface area (Å²) in [6.07, 6.45) is 4.04. The Hall–Kier alpha value is -4.17. The lowest BCUT2D eigenvalue weighted by Gasteiger charge is -2.22. The largest absolute Gasteiger partial charge is 0.494 e. The monoisotopic (exact) mass is 543 g/mol. The Bertz CT molecular complexity index is 1510. The molecule has 0 aliphatic heterocycles. The van der Waals surface area contributed by atoms with Crippen molar-refractivity contribution in [3.63, 3.8) is 0 Å². The highest BCUT2D eigenvalue weighted by Gasteiger charge is 2.35. The number of pyridine rings is 1. The lowest BCUT2D eigenvalue weighted by Crippen LogP contribution is -2.33. The lowest BCUT2D eigenvalue weighted by molar-refractivity contribution is 0.0948. The molecule has 3 aromatic heterocycles. The summed E-state index contributed by atoms with van der Waals surface area (Å²) >= 11 is 0. The smallest absolute Gasteiger partial charge is 0.243 e. The van der Waals surface area contributed by atoms with Crippen LogP contribution in [-0.2, 0) is 14.8 Å². The molecule has 1 N–H and O–H groups in total. The average Bonchev–Trinajstić information content (AvgIpc) is 3.31. The van der Waals surface area contributed by atoms with Crippen LogP contribution in [0, 0.1) is 12.7 Å². The Kier molecular flexibility index (Phi) is 7.83. The fourth-order valence-electron chi connectivity index (χ4n) is 3.84. The van der Waals surface area contributed by atoms with Crippen LogP contribution in [-0.4, -0.2) is 64.7 Å². The Morgan fingerprint density at radius 3 is 2.24 bits per heavy atom. The summed E-state index contributed by atoms with van der Waals surface area (Å²) in [6, 6.07) is 6.97. The van der Waals surface area contributed by atoms with Crippen molar-refractivity contribution in [1.82, 2.24) is 29.7 Å². The molecule has 0 bridgehead atoms. The normalized spacial score (nSPS) is 13.1. The molecule has 12 nitrogen and oxygen atoms in total. The number of aryl methyl sites for hydroxylation is 1. The number of hydrogen-bond donors (Lipinski definition) is 1. The van der Waals surface area contributed by atoms with Gasteiger partial charge in [-0.2, -0.15) is 0 Å². The Labute approximate surface area is 218 Å². The summed E-state index contributed by atoms with van der Waals surface area (Å²) in [6.45, 7) is 3.29. The zero-order valence-electron chi connectivity index (χ0n) is 21.3. The molecule has 1 aromatic carbocycles. The fourth-order valence-corrected chi connectivity index (χ4v) is 4.97. The van der Waals surface area contributed by atoms with Gasteiger partial charge in [-0.1, -0.05) is 6.07 Å². The van der Waals surface area contributed by atoms with Crippen LogP contribution in [0.2, 0.25) is 0 Å². The molecule has 14 heteroatoms. The number of nitrogens with zero attached hydrogens (tertiary/aromatic N) is 6. The summed E-state index contributed by atoms with van der Waals surface area (Å²) in [7, 11) is 0.0760. The van der Waals surface area contributed by atoms with E-state index >= 15 is 0 Å². The van der Waals surface area contributed by atoms with Crippen molar-refractivity contribution >= 4 is 16.0 Å². The highest BCUT2D eigenvalue weighted by molar-refractivity contribution is 7.93. The molecular weight excluding hydrogens is 517 g/mol. The highest BCUT2D eigenvalue weighted by atomic mass is 32.2. The minimum atomic E-state index is -4.20. The van der Waals surface area contributed by atoms with Gasteiger partial charge in [0.15, 0.2) is 17.5 Å². The first-order valence-electron chi connectivity index (χ1n) is 11.3. The molecule has 4 aromatic rings. The second-order valence-corrected chi connectivity index (χ2v) is 10.3. The molecule has 200 valence electrons. The maximum absolute atomic E-state index is 13.6. The highest BCUT2D eigenvalue weighted by Crippen LogP contribution is 2.38. The molecule has 2 unspecified atom stereocenters. The predicted molar refractivity (Wildman–Crippen MR) is 136 cm³/mol. The van der Waals surface area contributed by atoms with E-state index in [1.807, 2.05) is 13.0 Å². The number of benzene rings is 1. The Morgan fingerprint density at radius 2 is 1.66 bits per heavy atom. The van der Waals surface area contributed by atoms with Crippen molar-refractivity contribution in [2.24, 2.45) is 0 Å². The van der Waals surface area contributed by atoms with Gasteiger partial charge in [0, 0.05) is 25.1 Å². The molecule has 0 aliphatic carbocycles. The van der Waals surface area contributed by atoms with Crippen molar-refractivity contribution in [2.45, 2.75) is 25.2 Å². The van der Waals surface area contributed by atoms with Crippen LogP contribution in [0.25, 0.3) is 17.1 Å². The van der Waals surface area contributed by atoms with E-state index in [4.69, 9.17) is 14.2 Å². The van der Waals surface area contributed by atoms with Gasteiger partial charge in [0.05, 0.1) is 26.6 Å². The summed E-state index contributed by atoms with van der Waals surface area (Å²) in [5.41, 5.74) is 1.81. The van der Waals surface area contributed by atoms with Crippen molar-refractivity contribution in [3.05, 3.63) is 66.3 Å². The lowest BCUT2D eigenvalue weighted by atomic mass is 10.2. The number of rotatable bonds is 10. The number of ether oxygens (including phenoxy) is 3. The van der Waals surface area contributed by atoms with Crippen molar-refractivity contribution in [1.29, 1.82) is 0 Å². The van der Waals surface area contributed by atoms with Crippen LogP contribution in [0.1, 0.15) is 24.4 Å². The maximum Gasteiger partial charge on any atom is 0.243 e. The van der Waals surface area contributed by atoms with Crippen LogP contribution in [0.3, 0.4) is 0 Å². The maximum atomic E-state index is 13.6. The first kappa shape index (κ1) is 26.9. The first-order chi connectivity index (χ1) is 18.2. The number of methoxy groups -OCH3 is 3. The molecule has 0 saturated heterocycles. The minimum Gasteiger partial charge on any atom is -0.494 e. The van der Waals surface area contributed by atoms with Gasteiger partial charge in [-0.25, -0.2) is 22.8 Å². The van der Waals surface area contributed by atoms with E-state index in [0.717, 1.165) is 18.0 Å². The van der Waals surface area contributed by atoms with E-state index in [1.165, 1.54) is 32.8 Å². The number of nitrogens with one attached hydrogen (secondary N) is 1. The predicted octanol–water partition coefficient (Wildman–Crippen LogP) is 3.10. The third kappa shape index (κ3) is 5.26. The third-order valence-electron chi connectivity index (χ3n) is 5.72. The number of aromatic nitrogens is 6. The summed E-state index contributed by atoms with van der Waals surface area (Å²) in [5.74, 6) is 0.272. The van der Waals surface area contributed by atoms with E-state index in [-0.39, 0.29) is 11.8 Å². The van der Waals surface area contributed by atoms with Gasteiger partial charge in [0.25, 0.3) is 0 Å². The van der Waals surface area contributed by atoms with Crippen molar-refractivity contribution in [2.75, 3.05) is 26.1 Å². The molecule has 0 fully saturated rings. The fraction of sp³-hybridized carbons (Fsp3) is 0.292. The van der Waals surface area contributed by atoms with Crippen molar-refractivity contribution in [3.8, 4) is 28.6 Å². The zero-order valence-corrected chi connectivity index (χ0v) is 22.1. The Morgan fingerprint density at radius 1 is 1.00 bits per heavy atom. The van der Waals surface area contributed by atoms with Gasteiger partial charge in [-0.05, 0) is 37.6 Å². The molecule has 0 aliphatic rings. The van der Waals surface area contributed by atoms with Gasteiger partial charge in [-0.15, -0.1) is 10.2 Å². The van der Waals surface area contributed by atoms with E-state index in [2.05, 4.69) is 29.9 Å². The average molecular weight is 544 g/mol. The molecule has 4 rings (SSSR count). The Balaban J connectivity index is 1.84. The van der Waals surface area contributed by atoms with Crippen LogP contribution in [0.5, 0.6) is 11.5 Å². The standard InChI is InChI=1S/C24H26FN7O5S/c1-14-9-16(11-26-10-14)23-29-30-24(32(23)20-18(35-3)7-6-8-19(20)36-4)31-38(33,34)15(2)21(37-5)22-27-12-17(25)13-28-22/h6-13,15,21H,1-5H3,(H,30,31). The molecule has 3 heterocycles. The number of hydrogen-bond acceptors (Lipinski definition) is 10. The van der Waals surface area contributed by atoms with E-state index in [9.17, 15) is 12.8 Å². The quantitative estimate of drug-likeness (QED) is 0.317. The van der Waals surface area contributed by atoms with Gasteiger partial charge in [-0.3, -0.25) is 14.3 Å². The number of sulfonamides is 1. The van der Waals surface area contributed by atoms with Crippen molar-refractivity contribution < 1.29 is 27.0 Å². The second kappa shape index (κ2) is 11.1. The number of anilines is 1. The van der Waals surface area contributed by atoms with E-state index in [1.54, 1.807) is 30.6 Å². The van der Waals surface area contributed by atoms with Crippen LogP contribution in [0.15, 0.2) is 49.1 Å². The summed E-state index contributed by atoms with van der Waals surface area (Å²) in [4.78, 5) is 12.0. The SMILES string of the molecule is COc1cccc(OC)c1-n1c(NS(=O)(=O)C(C)C(OC)c2ncc(F)cn2)nnc1-c1cncc(C)c1. The number of para-hydroxylation sites is 1. The van der Waals surface area contributed by atoms with Crippen LogP contribution >= 0.6 is 0 Å². The molecular formula is C24H26FN7O5S. The molecule has 38 heavy (non-hydrogen) atoms. The zero-order chi connectivity index (χ0) is 27.4. The summed E-state index contributed by atoms with van der Waals surface area (Å²) < 4.78 is 60.9. The molecule has 2 atom stereocenters. The van der Waals surface area contributed by atoms with Gasteiger partial charge >= 0.3 is 0 Å². The summed E-state index contributed by atoms with van der Waals surface area (Å²) in [5, 5.41) is 7.20. The molecule has 0 spiro atoms. The first-order valence-corrected chi connectivity index (χ1v) is 12.9. The number of halogens is 1. The topological polar surface area (TPSA) is 143 Å². The van der Waals surface area contributed by atoms with Gasteiger partial charge in [0.1, 0.15) is 28.5 Å². The van der Waals surface area contributed by atoms with Crippen LogP contribution < -0.4 is 14.2 Å². The van der Waals surface area contributed by atoms with E-state index < -0.39 is 27.2 Å². The third-order valence-corrected chi connectivity index (χ3v) is 7.41. The molecule has 0 radical (unpaired) electrons.